The third kappa shape index (κ3) is 1.67. The summed E-state index contributed by atoms with van der Waals surface area (Å²) in [4.78, 5) is 30.1. The van der Waals surface area contributed by atoms with Crippen molar-refractivity contribution in [2.24, 2.45) is 0 Å². The minimum atomic E-state index is -0.319. The Morgan fingerprint density at radius 1 is 1.00 bits per heavy atom. The molecule has 0 bridgehead atoms. The minimum Gasteiger partial charge on any atom is -0.481 e. The average molecular weight is 268 g/mol. The number of nitrogens with zero attached hydrogens (tertiary/aromatic N) is 2. The third-order valence-corrected chi connectivity index (χ3v) is 3.28. The molecule has 20 heavy (non-hydrogen) atoms. The molecule has 0 aliphatic carbocycles. The molecule has 5 nitrogen and oxygen atoms in total. The van der Waals surface area contributed by atoms with Crippen LogP contribution >= 0.6 is 0 Å². The summed E-state index contributed by atoms with van der Waals surface area (Å²) < 4.78 is 5.03. The maximum Gasteiger partial charge on any atom is 0.266 e. The van der Waals surface area contributed by atoms with Crippen LogP contribution in [0, 0.1) is 6.92 Å². The maximum absolute atomic E-state index is 12.4. The zero-order chi connectivity index (χ0) is 14.3. The standard InChI is InChI=1S/C15H12N2O3/c1-9-12(7-8-13(16-9)20-2)17-14(18)10-5-3-4-6-11(10)15(17)19/h3-8H,1-2H3. The molecule has 2 aromatic rings. The molecule has 1 aromatic heterocycles. The molecule has 0 fully saturated rings. The van der Waals surface area contributed by atoms with Crippen molar-refractivity contribution >= 4 is 17.5 Å². The van der Waals surface area contributed by atoms with Crippen molar-refractivity contribution < 1.29 is 14.3 Å². The van der Waals surface area contributed by atoms with Gasteiger partial charge < -0.3 is 4.74 Å². The Kier molecular flexibility index (Phi) is 2.75. The summed E-state index contributed by atoms with van der Waals surface area (Å²) in [6.45, 7) is 1.74. The van der Waals surface area contributed by atoms with Gasteiger partial charge >= 0.3 is 0 Å². The zero-order valence-electron chi connectivity index (χ0n) is 11.1. The Bertz CT molecular complexity index is 690. The van der Waals surface area contributed by atoms with Crippen LogP contribution < -0.4 is 9.64 Å². The van der Waals surface area contributed by atoms with Crippen LogP contribution in [-0.2, 0) is 0 Å². The smallest absolute Gasteiger partial charge is 0.266 e. The summed E-state index contributed by atoms with van der Waals surface area (Å²) in [5.41, 5.74) is 1.90. The van der Waals surface area contributed by atoms with E-state index in [9.17, 15) is 9.59 Å². The topological polar surface area (TPSA) is 59.5 Å². The van der Waals surface area contributed by atoms with Crippen LogP contribution in [0.25, 0.3) is 0 Å². The van der Waals surface area contributed by atoms with Crippen molar-refractivity contribution in [1.29, 1.82) is 0 Å². The van der Waals surface area contributed by atoms with E-state index in [2.05, 4.69) is 4.98 Å². The lowest BCUT2D eigenvalue weighted by atomic mass is 10.1. The first kappa shape index (κ1) is 12.3. The third-order valence-electron chi connectivity index (χ3n) is 3.28. The molecule has 5 heteroatoms. The van der Waals surface area contributed by atoms with Gasteiger partial charge in [0.05, 0.1) is 29.6 Å². The predicted octanol–water partition coefficient (Wildman–Crippen LogP) is 2.20. The fourth-order valence-corrected chi connectivity index (χ4v) is 2.29. The van der Waals surface area contributed by atoms with Crippen molar-refractivity contribution in [1.82, 2.24) is 4.98 Å². The number of hydrogen-bond acceptors (Lipinski definition) is 4. The van der Waals surface area contributed by atoms with Crippen molar-refractivity contribution in [2.75, 3.05) is 12.0 Å². The molecule has 1 aromatic carbocycles. The summed E-state index contributed by atoms with van der Waals surface area (Å²) in [7, 11) is 1.52. The Balaban J connectivity index is 2.09. The number of aromatic nitrogens is 1. The van der Waals surface area contributed by atoms with Crippen molar-refractivity contribution in [3.8, 4) is 5.88 Å². The number of benzene rings is 1. The Labute approximate surface area is 115 Å². The number of carbonyl (C=O) groups excluding carboxylic acids is 2. The highest BCUT2D eigenvalue weighted by atomic mass is 16.5. The van der Waals surface area contributed by atoms with Crippen LogP contribution in [0.1, 0.15) is 26.4 Å². The number of amides is 2. The van der Waals surface area contributed by atoms with Crippen LogP contribution in [0.3, 0.4) is 0 Å². The minimum absolute atomic E-state index is 0.319. The van der Waals surface area contributed by atoms with Gasteiger partial charge in [-0.15, -0.1) is 0 Å². The number of aryl methyl sites for hydroxylation is 1. The fourth-order valence-electron chi connectivity index (χ4n) is 2.29. The Morgan fingerprint density at radius 3 is 2.10 bits per heavy atom. The van der Waals surface area contributed by atoms with Crippen LogP contribution in [0.5, 0.6) is 5.88 Å². The van der Waals surface area contributed by atoms with Gasteiger partial charge in [0.1, 0.15) is 0 Å². The van der Waals surface area contributed by atoms with Crippen molar-refractivity contribution in [2.45, 2.75) is 6.92 Å². The second-order valence-corrected chi connectivity index (χ2v) is 4.45. The number of methoxy groups -OCH3 is 1. The second-order valence-electron chi connectivity index (χ2n) is 4.45. The van der Waals surface area contributed by atoms with Crippen molar-refractivity contribution in [3.63, 3.8) is 0 Å². The van der Waals surface area contributed by atoms with Gasteiger partial charge in [-0.3, -0.25) is 9.59 Å². The quantitative estimate of drug-likeness (QED) is 0.783. The molecule has 0 saturated carbocycles. The highest BCUT2D eigenvalue weighted by Gasteiger charge is 2.37. The lowest BCUT2D eigenvalue weighted by molar-refractivity contribution is 0.0925. The van der Waals surface area contributed by atoms with E-state index >= 15 is 0 Å². The number of hydrogen-bond donors (Lipinski definition) is 0. The fraction of sp³-hybridized carbons (Fsp3) is 0.133. The molecule has 0 N–H and O–H groups in total. The molecule has 2 amide bonds. The van der Waals surface area contributed by atoms with Gasteiger partial charge in [0, 0.05) is 6.07 Å². The van der Waals surface area contributed by atoms with Crippen LogP contribution in [-0.4, -0.2) is 23.9 Å². The molecular weight excluding hydrogens is 256 g/mol. The normalized spacial score (nSPS) is 13.6. The van der Waals surface area contributed by atoms with Gasteiger partial charge in [0.25, 0.3) is 11.8 Å². The summed E-state index contributed by atoms with van der Waals surface area (Å²) in [5.74, 6) is -0.191. The van der Waals surface area contributed by atoms with E-state index in [1.54, 1.807) is 43.3 Å². The highest BCUT2D eigenvalue weighted by Crippen LogP contribution is 2.30. The average Bonchev–Trinajstić information content (AvgIpc) is 2.72. The first-order chi connectivity index (χ1) is 9.63. The molecule has 2 heterocycles. The van der Waals surface area contributed by atoms with Crippen LogP contribution in [0.15, 0.2) is 36.4 Å². The van der Waals surface area contributed by atoms with E-state index in [0.29, 0.717) is 28.4 Å². The van der Waals surface area contributed by atoms with E-state index in [-0.39, 0.29) is 11.8 Å². The summed E-state index contributed by atoms with van der Waals surface area (Å²) in [6, 6.07) is 10.1. The maximum atomic E-state index is 12.4. The SMILES string of the molecule is COc1ccc(N2C(=O)c3ccccc3C2=O)c(C)n1. The second kappa shape index (κ2) is 4.45. The number of imide groups is 1. The van der Waals surface area contributed by atoms with Crippen molar-refractivity contribution in [3.05, 3.63) is 53.2 Å². The van der Waals surface area contributed by atoms with Gasteiger partial charge in [-0.1, -0.05) is 12.1 Å². The monoisotopic (exact) mass is 268 g/mol. The highest BCUT2D eigenvalue weighted by molar-refractivity contribution is 6.34. The van der Waals surface area contributed by atoms with Gasteiger partial charge in [-0.2, -0.15) is 0 Å². The molecular formula is C15H12N2O3. The van der Waals surface area contributed by atoms with Gasteiger partial charge in [-0.25, -0.2) is 9.88 Å². The first-order valence-electron chi connectivity index (χ1n) is 6.13. The van der Waals surface area contributed by atoms with E-state index < -0.39 is 0 Å². The molecule has 0 unspecified atom stereocenters. The number of anilines is 1. The number of fused-ring (bicyclic) bond motifs is 1. The lowest BCUT2D eigenvalue weighted by Crippen LogP contribution is -2.30. The summed E-state index contributed by atoms with van der Waals surface area (Å²) >= 11 is 0. The molecule has 100 valence electrons. The predicted molar refractivity (Wildman–Crippen MR) is 73.1 cm³/mol. The molecule has 0 saturated heterocycles. The van der Waals surface area contributed by atoms with E-state index in [4.69, 9.17) is 4.74 Å². The van der Waals surface area contributed by atoms with Gasteiger partial charge in [0.15, 0.2) is 0 Å². The number of ether oxygens (including phenoxy) is 1. The Hall–Kier alpha value is -2.69. The van der Waals surface area contributed by atoms with Gasteiger partial charge in [0.2, 0.25) is 5.88 Å². The molecule has 1 aliphatic heterocycles. The van der Waals surface area contributed by atoms with Gasteiger partial charge in [-0.05, 0) is 25.1 Å². The number of rotatable bonds is 2. The summed E-state index contributed by atoms with van der Waals surface area (Å²) in [6.07, 6.45) is 0. The molecule has 0 atom stereocenters. The lowest BCUT2D eigenvalue weighted by Gasteiger charge is -2.16. The molecule has 0 radical (unpaired) electrons. The Morgan fingerprint density at radius 2 is 1.60 bits per heavy atom. The molecule has 0 spiro atoms. The zero-order valence-corrected chi connectivity index (χ0v) is 11.1. The molecule has 1 aliphatic rings. The largest absolute Gasteiger partial charge is 0.481 e. The van der Waals surface area contributed by atoms with Crippen LogP contribution in [0.4, 0.5) is 5.69 Å². The van der Waals surface area contributed by atoms with E-state index in [0.717, 1.165) is 4.90 Å². The number of carbonyl (C=O) groups is 2. The molecule has 3 rings (SSSR count). The number of pyridine rings is 1. The van der Waals surface area contributed by atoms with E-state index in [1.807, 2.05) is 0 Å². The summed E-state index contributed by atoms with van der Waals surface area (Å²) in [5, 5.41) is 0. The first-order valence-corrected chi connectivity index (χ1v) is 6.13. The van der Waals surface area contributed by atoms with Crippen LogP contribution in [0.2, 0.25) is 0 Å². The van der Waals surface area contributed by atoms with E-state index in [1.165, 1.54) is 7.11 Å².